The van der Waals surface area contributed by atoms with Crippen molar-refractivity contribution in [3.8, 4) is 6.07 Å². The van der Waals surface area contributed by atoms with Crippen LogP contribution in [-0.4, -0.2) is 37.6 Å². The van der Waals surface area contributed by atoms with Gasteiger partial charge in [0.15, 0.2) is 5.82 Å². The van der Waals surface area contributed by atoms with Crippen LogP contribution in [0.15, 0.2) is 6.08 Å². The minimum atomic E-state index is -0.0895. The van der Waals surface area contributed by atoms with Gasteiger partial charge in [-0.1, -0.05) is 19.9 Å². The van der Waals surface area contributed by atoms with Crippen LogP contribution in [0.2, 0.25) is 0 Å². The van der Waals surface area contributed by atoms with Crippen molar-refractivity contribution < 1.29 is 4.79 Å². The molecule has 0 radical (unpaired) electrons. The molecule has 1 aliphatic heterocycles. The molecule has 1 aromatic heterocycles. The van der Waals surface area contributed by atoms with Gasteiger partial charge in [0.25, 0.3) is 0 Å². The van der Waals surface area contributed by atoms with Crippen LogP contribution in [0.3, 0.4) is 0 Å². The number of allylic oxidation sites excluding steroid dienone is 1. The van der Waals surface area contributed by atoms with Crippen LogP contribution < -0.4 is 0 Å². The number of hydrogen-bond acceptors (Lipinski definition) is 5. The van der Waals surface area contributed by atoms with Gasteiger partial charge in [0.05, 0.1) is 18.5 Å². The summed E-state index contributed by atoms with van der Waals surface area (Å²) in [5, 5.41) is 20.9. The summed E-state index contributed by atoms with van der Waals surface area (Å²) in [4.78, 5) is 15.8. The Bertz CT molecular complexity index is 573. The topological polar surface area (TPSA) is 87.7 Å². The largest absolute Gasteiger partial charge is 0.332 e. The molecule has 2 unspecified atom stereocenters. The van der Waals surface area contributed by atoms with Crippen molar-refractivity contribution in [1.82, 2.24) is 25.1 Å². The second kappa shape index (κ2) is 7.69. The molecule has 118 valence electrons. The lowest BCUT2D eigenvalue weighted by molar-refractivity contribution is -0.139. The quantitative estimate of drug-likeness (QED) is 0.831. The highest BCUT2D eigenvalue weighted by molar-refractivity contribution is 5.78. The maximum atomic E-state index is 12.5. The molecular weight excluding hydrogens is 280 g/mol. The lowest BCUT2D eigenvalue weighted by Crippen LogP contribution is -2.41. The summed E-state index contributed by atoms with van der Waals surface area (Å²) in [5.41, 5.74) is 0. The average Bonchev–Trinajstić information content (AvgIpc) is 3.02. The van der Waals surface area contributed by atoms with Crippen molar-refractivity contribution in [3.05, 3.63) is 11.9 Å². The zero-order chi connectivity index (χ0) is 15.9. The van der Waals surface area contributed by atoms with Crippen LogP contribution in [0.5, 0.6) is 0 Å². The number of tetrazole rings is 1. The Balaban J connectivity index is 2.14. The Kier molecular flexibility index (Phi) is 5.64. The molecule has 0 spiro atoms. The van der Waals surface area contributed by atoms with Crippen molar-refractivity contribution in [2.45, 2.75) is 52.0 Å². The molecule has 1 saturated heterocycles. The Labute approximate surface area is 130 Å². The second-order valence-electron chi connectivity index (χ2n) is 5.57. The van der Waals surface area contributed by atoms with Gasteiger partial charge in [-0.2, -0.15) is 5.26 Å². The Morgan fingerprint density at radius 2 is 2.36 bits per heavy atom. The molecule has 7 nitrogen and oxygen atoms in total. The van der Waals surface area contributed by atoms with Crippen LogP contribution in [0.1, 0.15) is 57.8 Å². The summed E-state index contributed by atoms with van der Waals surface area (Å²) in [6, 6.07) is 1.93. The van der Waals surface area contributed by atoms with Crippen LogP contribution >= 0.6 is 0 Å². The number of nitrogens with zero attached hydrogens (tertiary/aromatic N) is 6. The Morgan fingerprint density at radius 3 is 3.09 bits per heavy atom. The van der Waals surface area contributed by atoms with Crippen molar-refractivity contribution in [1.29, 1.82) is 5.26 Å². The van der Waals surface area contributed by atoms with E-state index in [2.05, 4.69) is 15.4 Å². The third kappa shape index (κ3) is 3.70. The van der Waals surface area contributed by atoms with Crippen molar-refractivity contribution in [2.24, 2.45) is 5.92 Å². The molecule has 0 N–H and O–H groups in total. The van der Waals surface area contributed by atoms with Gasteiger partial charge < -0.3 is 4.90 Å². The first kappa shape index (κ1) is 16.1. The maximum Gasteiger partial charge on any atom is 0.226 e. The van der Waals surface area contributed by atoms with Gasteiger partial charge in [-0.05, 0) is 30.9 Å². The molecule has 0 saturated carbocycles. The van der Waals surface area contributed by atoms with E-state index >= 15 is 0 Å². The first-order chi connectivity index (χ1) is 10.7. The number of amides is 1. The number of carbonyl (C=O) groups is 1. The third-order valence-corrected chi connectivity index (χ3v) is 4.01. The first-order valence-electron chi connectivity index (χ1n) is 7.80. The van der Waals surface area contributed by atoms with E-state index in [0.29, 0.717) is 12.2 Å². The zero-order valence-electron chi connectivity index (χ0n) is 13.1. The van der Waals surface area contributed by atoms with Crippen molar-refractivity contribution in [3.63, 3.8) is 0 Å². The zero-order valence-corrected chi connectivity index (χ0v) is 13.1. The number of rotatable bonds is 5. The van der Waals surface area contributed by atoms with E-state index in [0.717, 1.165) is 32.2 Å². The highest BCUT2D eigenvalue weighted by Crippen LogP contribution is 2.30. The number of likely N-dealkylation sites (tertiary alicyclic amines) is 1. The summed E-state index contributed by atoms with van der Waals surface area (Å²) in [7, 11) is 0. The van der Waals surface area contributed by atoms with Gasteiger partial charge in [0, 0.05) is 18.7 Å². The minimum Gasteiger partial charge on any atom is -0.332 e. The fraction of sp³-hybridized carbons (Fsp3) is 0.667. The fourth-order valence-corrected chi connectivity index (χ4v) is 2.55. The lowest BCUT2D eigenvalue weighted by atomic mass is 9.98. The van der Waals surface area contributed by atoms with Gasteiger partial charge in [0.1, 0.15) is 0 Å². The second-order valence-corrected chi connectivity index (χ2v) is 5.57. The van der Waals surface area contributed by atoms with Crippen LogP contribution in [0.4, 0.5) is 0 Å². The third-order valence-electron chi connectivity index (χ3n) is 4.01. The number of piperidine rings is 1. The molecule has 2 rings (SSSR count). The van der Waals surface area contributed by atoms with E-state index in [-0.39, 0.29) is 17.9 Å². The molecule has 1 amide bonds. The lowest BCUT2D eigenvalue weighted by Gasteiger charge is -2.35. The molecule has 2 atom stereocenters. The molecule has 7 heteroatoms. The van der Waals surface area contributed by atoms with Gasteiger partial charge in [0.2, 0.25) is 5.91 Å². The van der Waals surface area contributed by atoms with E-state index < -0.39 is 0 Å². The van der Waals surface area contributed by atoms with Crippen molar-refractivity contribution >= 4 is 12.1 Å². The molecule has 2 heterocycles. The van der Waals surface area contributed by atoms with Gasteiger partial charge in [-0.25, -0.2) is 0 Å². The smallest absolute Gasteiger partial charge is 0.226 e. The molecular formula is C15H22N6O. The molecule has 22 heavy (non-hydrogen) atoms. The summed E-state index contributed by atoms with van der Waals surface area (Å²) < 4.78 is 0. The summed E-state index contributed by atoms with van der Waals surface area (Å²) in [6.45, 7) is 4.74. The number of hydrogen-bond donors (Lipinski definition) is 0. The van der Waals surface area contributed by atoms with Gasteiger partial charge in [-0.15, -0.1) is 15.0 Å². The van der Waals surface area contributed by atoms with E-state index in [4.69, 9.17) is 5.26 Å². The normalized spacial score (nSPS) is 20.0. The SMILES string of the molecule is CCC(C)C(=O)N1CCCCC1c1nnn(/C=C/CC#N)n1. The molecule has 0 aromatic carbocycles. The fourth-order valence-electron chi connectivity index (χ4n) is 2.55. The van der Waals surface area contributed by atoms with E-state index in [1.807, 2.05) is 24.8 Å². The van der Waals surface area contributed by atoms with E-state index in [1.165, 1.54) is 4.80 Å². The Morgan fingerprint density at radius 1 is 1.55 bits per heavy atom. The number of nitriles is 1. The van der Waals surface area contributed by atoms with Gasteiger partial charge >= 0.3 is 0 Å². The van der Waals surface area contributed by atoms with Crippen LogP contribution in [-0.2, 0) is 4.79 Å². The Hall–Kier alpha value is -2.23. The monoisotopic (exact) mass is 302 g/mol. The first-order valence-corrected chi connectivity index (χ1v) is 7.80. The highest BCUT2D eigenvalue weighted by Gasteiger charge is 2.32. The average molecular weight is 302 g/mol. The number of carbonyl (C=O) groups excluding carboxylic acids is 1. The highest BCUT2D eigenvalue weighted by atomic mass is 16.2. The molecule has 1 aromatic rings. The molecule has 0 aliphatic carbocycles. The minimum absolute atomic E-state index is 0.0196. The van der Waals surface area contributed by atoms with Crippen LogP contribution in [0.25, 0.3) is 6.20 Å². The molecule has 0 bridgehead atoms. The van der Waals surface area contributed by atoms with E-state index in [9.17, 15) is 4.79 Å². The predicted molar refractivity (Wildman–Crippen MR) is 81.1 cm³/mol. The number of aromatic nitrogens is 4. The summed E-state index contributed by atoms with van der Waals surface area (Å²) in [6.07, 6.45) is 7.38. The molecule has 1 aliphatic rings. The van der Waals surface area contributed by atoms with Crippen molar-refractivity contribution in [2.75, 3.05) is 6.54 Å². The summed E-state index contributed by atoms with van der Waals surface area (Å²) >= 11 is 0. The predicted octanol–water partition coefficient (Wildman–Crippen LogP) is 2.16. The maximum absolute atomic E-state index is 12.5. The summed E-state index contributed by atoms with van der Waals surface area (Å²) in [5.74, 6) is 0.771. The van der Waals surface area contributed by atoms with Crippen LogP contribution in [0, 0.1) is 17.2 Å². The van der Waals surface area contributed by atoms with E-state index in [1.54, 1.807) is 12.3 Å². The standard InChI is InChI=1S/C15H22N6O/c1-3-12(2)15(22)20-10-6-4-8-13(20)14-17-19-21(18-14)11-7-5-9-16/h7,11-13H,3-6,8,10H2,1-2H3/b11-7+. The molecule has 1 fully saturated rings. The van der Waals surface area contributed by atoms with Gasteiger partial charge in [-0.3, -0.25) is 4.79 Å².